The Morgan fingerprint density at radius 3 is 2.62 bits per heavy atom. The van der Waals surface area contributed by atoms with E-state index in [4.69, 9.17) is 5.21 Å². The van der Waals surface area contributed by atoms with Gasteiger partial charge in [-0.2, -0.15) is 0 Å². The Kier molecular flexibility index (Phi) is 4.08. The summed E-state index contributed by atoms with van der Waals surface area (Å²) < 4.78 is 0. The molecule has 0 heterocycles. The fraction of sp³-hybridized carbons (Fsp3) is 0.0667. The molecule has 0 aromatic heterocycles. The highest BCUT2D eigenvalue weighted by molar-refractivity contribution is 6.07. The molecular weight excluding hydrogens is 272 g/mol. The smallest absolute Gasteiger partial charge is 0.259 e. The van der Waals surface area contributed by atoms with Crippen LogP contribution >= 0.6 is 0 Å². The van der Waals surface area contributed by atoms with Crippen LogP contribution in [0.4, 0.5) is 5.69 Å². The highest BCUT2D eigenvalue weighted by atomic mass is 16.4. The van der Waals surface area contributed by atoms with E-state index in [1.807, 2.05) is 0 Å². The zero-order valence-corrected chi connectivity index (χ0v) is 11.2. The molecule has 0 saturated carbocycles. The minimum Gasteiger partial charge on any atom is -0.508 e. The van der Waals surface area contributed by atoms with Gasteiger partial charge in [0.1, 0.15) is 11.5 Å². The number of aromatic hydroxyl groups is 2. The fourth-order valence-corrected chi connectivity index (χ4v) is 1.78. The molecule has 0 bridgehead atoms. The van der Waals surface area contributed by atoms with Gasteiger partial charge in [0.25, 0.3) is 5.91 Å². The molecule has 0 aliphatic heterocycles. The quantitative estimate of drug-likeness (QED) is 0.301. The molecule has 2 rings (SSSR count). The Morgan fingerprint density at radius 1 is 1.14 bits per heavy atom. The summed E-state index contributed by atoms with van der Waals surface area (Å²) in [6.45, 7) is 1.63. The minimum atomic E-state index is -0.556. The zero-order valence-electron chi connectivity index (χ0n) is 11.2. The highest BCUT2D eigenvalue weighted by Gasteiger charge is 2.12. The van der Waals surface area contributed by atoms with Gasteiger partial charge in [-0.3, -0.25) is 4.79 Å². The number of nitrogens with one attached hydrogen (secondary N) is 1. The molecule has 6 nitrogen and oxygen atoms in total. The van der Waals surface area contributed by atoms with Crippen LogP contribution in [0.3, 0.4) is 0 Å². The lowest BCUT2D eigenvalue weighted by Gasteiger charge is -2.08. The molecule has 6 heteroatoms. The predicted octanol–water partition coefficient (Wildman–Crippen LogP) is 2.55. The first-order chi connectivity index (χ1) is 10.0. The summed E-state index contributed by atoms with van der Waals surface area (Å²) in [7, 11) is 0. The van der Waals surface area contributed by atoms with Crippen LogP contribution in [0.5, 0.6) is 11.5 Å². The molecule has 0 spiro atoms. The van der Waals surface area contributed by atoms with Crippen molar-refractivity contribution in [3.8, 4) is 11.5 Å². The largest absolute Gasteiger partial charge is 0.508 e. The number of carbonyl (C=O) groups is 1. The number of hydrogen-bond donors (Lipinski definition) is 4. The normalized spacial score (nSPS) is 11.2. The monoisotopic (exact) mass is 286 g/mol. The van der Waals surface area contributed by atoms with Crippen LogP contribution in [0.1, 0.15) is 22.8 Å². The standard InChI is InChI=1S/C15H14N2O4/c1-9(17-21)10-3-2-4-11(7-10)16-15(20)13-8-12(18)5-6-14(13)19/h2-8,18-19,21H,1H3,(H,16,20)/b17-9-. The maximum absolute atomic E-state index is 12.1. The van der Waals surface area contributed by atoms with Gasteiger partial charge in [0.15, 0.2) is 0 Å². The number of benzene rings is 2. The van der Waals surface area contributed by atoms with Crippen LogP contribution in [0, 0.1) is 0 Å². The van der Waals surface area contributed by atoms with Gasteiger partial charge < -0.3 is 20.7 Å². The van der Waals surface area contributed by atoms with Crippen LogP contribution in [0.2, 0.25) is 0 Å². The summed E-state index contributed by atoms with van der Waals surface area (Å²) in [5, 5.41) is 33.4. The number of oxime groups is 1. The van der Waals surface area contributed by atoms with E-state index in [0.717, 1.165) is 0 Å². The van der Waals surface area contributed by atoms with E-state index in [2.05, 4.69) is 10.5 Å². The van der Waals surface area contributed by atoms with Gasteiger partial charge in [-0.15, -0.1) is 0 Å². The summed E-state index contributed by atoms with van der Waals surface area (Å²) >= 11 is 0. The van der Waals surface area contributed by atoms with Gasteiger partial charge in [0.05, 0.1) is 11.3 Å². The summed E-state index contributed by atoms with van der Waals surface area (Å²) in [5.74, 6) is -0.899. The first kappa shape index (κ1) is 14.4. The SMILES string of the molecule is C/C(=N/O)c1cccc(NC(=O)c2cc(O)ccc2O)c1. The number of amides is 1. The van der Waals surface area contributed by atoms with Crippen molar-refractivity contribution in [2.45, 2.75) is 6.92 Å². The van der Waals surface area contributed by atoms with Crippen molar-refractivity contribution >= 4 is 17.3 Å². The number of phenols is 2. The molecule has 2 aromatic carbocycles. The molecule has 2 aromatic rings. The number of phenolic OH excluding ortho intramolecular Hbond substituents is 2. The first-order valence-electron chi connectivity index (χ1n) is 6.13. The van der Waals surface area contributed by atoms with E-state index in [1.54, 1.807) is 31.2 Å². The summed E-state index contributed by atoms with van der Waals surface area (Å²) in [6, 6.07) is 10.4. The average Bonchev–Trinajstić information content (AvgIpc) is 2.49. The summed E-state index contributed by atoms with van der Waals surface area (Å²) in [5.41, 5.74) is 1.50. The molecule has 108 valence electrons. The van der Waals surface area contributed by atoms with Crippen LogP contribution in [-0.2, 0) is 0 Å². The third kappa shape index (κ3) is 3.30. The van der Waals surface area contributed by atoms with Crippen molar-refractivity contribution in [1.29, 1.82) is 0 Å². The van der Waals surface area contributed by atoms with Crippen molar-refractivity contribution < 1.29 is 20.2 Å². The number of hydrogen-bond acceptors (Lipinski definition) is 5. The minimum absolute atomic E-state index is 0.0343. The van der Waals surface area contributed by atoms with E-state index in [-0.39, 0.29) is 17.1 Å². The molecule has 1 amide bonds. The first-order valence-corrected chi connectivity index (χ1v) is 6.13. The third-order valence-electron chi connectivity index (χ3n) is 2.91. The Bertz CT molecular complexity index is 711. The van der Waals surface area contributed by atoms with Gasteiger partial charge in [-0.25, -0.2) is 0 Å². The van der Waals surface area contributed by atoms with Crippen molar-refractivity contribution in [3.63, 3.8) is 0 Å². The molecule has 0 fully saturated rings. The lowest BCUT2D eigenvalue weighted by atomic mass is 10.1. The summed E-state index contributed by atoms with van der Waals surface area (Å²) in [4.78, 5) is 12.1. The van der Waals surface area contributed by atoms with Crippen molar-refractivity contribution in [2.24, 2.45) is 5.16 Å². The molecule has 0 unspecified atom stereocenters. The Morgan fingerprint density at radius 2 is 1.90 bits per heavy atom. The third-order valence-corrected chi connectivity index (χ3v) is 2.91. The highest BCUT2D eigenvalue weighted by Crippen LogP contribution is 2.23. The number of anilines is 1. The Labute approximate surface area is 121 Å². The van der Waals surface area contributed by atoms with E-state index < -0.39 is 5.91 Å². The molecule has 0 aliphatic rings. The molecule has 0 radical (unpaired) electrons. The van der Waals surface area contributed by atoms with Crippen LogP contribution in [0.15, 0.2) is 47.6 Å². The lowest BCUT2D eigenvalue weighted by molar-refractivity contribution is 0.102. The van der Waals surface area contributed by atoms with E-state index in [1.165, 1.54) is 18.2 Å². The molecule has 0 saturated heterocycles. The Balaban J connectivity index is 2.26. The molecule has 4 N–H and O–H groups in total. The number of rotatable bonds is 3. The second-order valence-corrected chi connectivity index (χ2v) is 4.42. The van der Waals surface area contributed by atoms with Gasteiger partial charge in [0.2, 0.25) is 0 Å². The van der Waals surface area contributed by atoms with Crippen molar-refractivity contribution in [2.75, 3.05) is 5.32 Å². The second kappa shape index (κ2) is 5.96. The van der Waals surface area contributed by atoms with Crippen LogP contribution in [0.25, 0.3) is 0 Å². The van der Waals surface area contributed by atoms with Gasteiger partial charge in [-0.1, -0.05) is 17.3 Å². The predicted molar refractivity (Wildman–Crippen MR) is 78.2 cm³/mol. The van der Waals surface area contributed by atoms with E-state index in [9.17, 15) is 15.0 Å². The van der Waals surface area contributed by atoms with E-state index in [0.29, 0.717) is 17.0 Å². The second-order valence-electron chi connectivity index (χ2n) is 4.42. The van der Waals surface area contributed by atoms with Gasteiger partial charge in [0, 0.05) is 11.3 Å². The molecule has 0 atom stereocenters. The van der Waals surface area contributed by atoms with Crippen LogP contribution in [-0.4, -0.2) is 27.0 Å². The van der Waals surface area contributed by atoms with E-state index >= 15 is 0 Å². The maximum Gasteiger partial charge on any atom is 0.259 e. The number of nitrogens with zero attached hydrogens (tertiary/aromatic N) is 1. The molecule has 21 heavy (non-hydrogen) atoms. The lowest BCUT2D eigenvalue weighted by Crippen LogP contribution is -2.12. The summed E-state index contributed by atoms with van der Waals surface area (Å²) in [6.07, 6.45) is 0. The average molecular weight is 286 g/mol. The van der Waals surface area contributed by atoms with Crippen molar-refractivity contribution in [1.82, 2.24) is 0 Å². The zero-order chi connectivity index (χ0) is 15.4. The molecule has 0 aliphatic carbocycles. The maximum atomic E-state index is 12.1. The van der Waals surface area contributed by atoms with Gasteiger partial charge >= 0.3 is 0 Å². The molecular formula is C15H14N2O4. The van der Waals surface area contributed by atoms with Crippen molar-refractivity contribution in [3.05, 3.63) is 53.6 Å². The van der Waals surface area contributed by atoms with Gasteiger partial charge in [-0.05, 0) is 37.3 Å². The topological polar surface area (TPSA) is 102 Å². The Hall–Kier alpha value is -3.02. The fourth-order valence-electron chi connectivity index (χ4n) is 1.78. The number of carbonyl (C=O) groups excluding carboxylic acids is 1. The van der Waals surface area contributed by atoms with Crippen LogP contribution < -0.4 is 5.32 Å².